The second-order valence-corrected chi connectivity index (χ2v) is 9.36. The number of aliphatic hydroxyl groups is 3. The molecule has 3 N–H and O–H groups in total. The number of terminal acetylenes is 1. The van der Waals surface area contributed by atoms with Gasteiger partial charge in [-0.1, -0.05) is 19.8 Å². The van der Waals surface area contributed by atoms with Crippen molar-refractivity contribution >= 4 is 0 Å². The van der Waals surface area contributed by atoms with Gasteiger partial charge in [-0.3, -0.25) is 0 Å². The van der Waals surface area contributed by atoms with E-state index in [1.165, 1.54) is 0 Å². The fraction of sp³-hybridized carbons (Fsp3) is 0.810. The molecule has 8 atom stereocenters. The summed E-state index contributed by atoms with van der Waals surface area (Å²) in [5, 5.41) is 31.9. The fourth-order valence-corrected chi connectivity index (χ4v) is 7.00. The van der Waals surface area contributed by atoms with E-state index in [-0.39, 0.29) is 28.6 Å². The molecule has 0 bridgehead atoms. The maximum atomic E-state index is 14.7. The summed E-state index contributed by atoms with van der Waals surface area (Å²) in [5.41, 5.74) is -1.15. The SMILES string of the molecule is C#C[C@]1(O)CC[C@H]2[C@@H]3[C@H](O)CC4=C(F)[C@@H](O)CC[C@]4(C)[C@H]3CC[C@@]21C. The number of rotatable bonds is 0. The molecule has 0 amide bonds. The molecule has 138 valence electrons. The summed E-state index contributed by atoms with van der Waals surface area (Å²) in [6, 6.07) is 0. The smallest absolute Gasteiger partial charge is 0.130 e. The lowest BCUT2D eigenvalue weighted by Gasteiger charge is -2.60. The van der Waals surface area contributed by atoms with Crippen LogP contribution in [0.1, 0.15) is 58.8 Å². The van der Waals surface area contributed by atoms with Crippen LogP contribution < -0.4 is 0 Å². The van der Waals surface area contributed by atoms with Crippen LogP contribution in [0.15, 0.2) is 11.4 Å². The largest absolute Gasteiger partial charge is 0.392 e. The number of fused-ring (bicyclic) bond motifs is 5. The maximum Gasteiger partial charge on any atom is 0.130 e. The van der Waals surface area contributed by atoms with Crippen LogP contribution in [0.5, 0.6) is 0 Å². The third-order valence-corrected chi connectivity index (χ3v) is 8.61. The van der Waals surface area contributed by atoms with Gasteiger partial charge in [-0.05, 0) is 73.7 Å². The molecule has 3 saturated carbocycles. The van der Waals surface area contributed by atoms with Gasteiger partial charge in [0.25, 0.3) is 0 Å². The molecule has 0 heterocycles. The first-order valence-corrected chi connectivity index (χ1v) is 9.63. The van der Waals surface area contributed by atoms with Gasteiger partial charge < -0.3 is 15.3 Å². The molecule has 3 fully saturated rings. The third-order valence-electron chi connectivity index (χ3n) is 8.61. The van der Waals surface area contributed by atoms with Crippen molar-refractivity contribution < 1.29 is 19.7 Å². The predicted molar refractivity (Wildman–Crippen MR) is 92.9 cm³/mol. The highest BCUT2D eigenvalue weighted by atomic mass is 19.1. The van der Waals surface area contributed by atoms with Gasteiger partial charge in [0, 0.05) is 5.41 Å². The predicted octanol–water partition coefficient (Wildman–Crippen LogP) is 2.94. The number of aliphatic hydroxyl groups excluding tert-OH is 2. The highest BCUT2D eigenvalue weighted by Gasteiger charge is 2.65. The van der Waals surface area contributed by atoms with E-state index in [9.17, 15) is 19.7 Å². The van der Waals surface area contributed by atoms with Crippen molar-refractivity contribution in [3.8, 4) is 12.3 Å². The Hall–Kier alpha value is -0.890. The zero-order valence-corrected chi connectivity index (χ0v) is 15.1. The topological polar surface area (TPSA) is 60.7 Å². The van der Waals surface area contributed by atoms with Gasteiger partial charge in [0.2, 0.25) is 0 Å². The van der Waals surface area contributed by atoms with Crippen molar-refractivity contribution in [1.29, 1.82) is 0 Å². The van der Waals surface area contributed by atoms with Crippen LogP contribution >= 0.6 is 0 Å². The highest BCUT2D eigenvalue weighted by molar-refractivity contribution is 5.32. The number of hydrogen-bond acceptors (Lipinski definition) is 3. The molecule has 0 aromatic heterocycles. The van der Waals surface area contributed by atoms with E-state index < -0.39 is 23.6 Å². The average Bonchev–Trinajstić information content (AvgIpc) is 2.86. The summed E-state index contributed by atoms with van der Waals surface area (Å²) in [6.07, 6.45) is 8.56. The van der Waals surface area contributed by atoms with Gasteiger partial charge in [0.1, 0.15) is 17.5 Å². The summed E-state index contributed by atoms with van der Waals surface area (Å²) in [5.74, 6) is 2.61. The van der Waals surface area contributed by atoms with Crippen LogP contribution in [-0.4, -0.2) is 33.1 Å². The molecular weight excluding hydrogens is 319 g/mol. The lowest BCUT2D eigenvalue weighted by molar-refractivity contribution is -0.138. The van der Waals surface area contributed by atoms with Crippen LogP contribution in [0.3, 0.4) is 0 Å². The summed E-state index contributed by atoms with van der Waals surface area (Å²) < 4.78 is 14.7. The van der Waals surface area contributed by atoms with E-state index in [0.717, 1.165) is 25.7 Å². The Kier molecular flexibility index (Phi) is 3.72. The molecule has 4 heteroatoms. The summed E-state index contributed by atoms with van der Waals surface area (Å²) in [4.78, 5) is 0. The molecular formula is C21H29FO3. The molecule has 4 rings (SSSR count). The van der Waals surface area contributed by atoms with Crippen LogP contribution in [0.25, 0.3) is 0 Å². The second kappa shape index (κ2) is 5.31. The van der Waals surface area contributed by atoms with E-state index in [0.29, 0.717) is 24.8 Å². The Morgan fingerprint density at radius 2 is 1.76 bits per heavy atom. The van der Waals surface area contributed by atoms with Crippen LogP contribution in [0.2, 0.25) is 0 Å². The normalized spacial score (nSPS) is 55.2. The first kappa shape index (κ1) is 17.5. The van der Waals surface area contributed by atoms with Crippen LogP contribution in [0, 0.1) is 40.9 Å². The molecule has 0 spiro atoms. The van der Waals surface area contributed by atoms with E-state index >= 15 is 0 Å². The Morgan fingerprint density at radius 1 is 1.08 bits per heavy atom. The summed E-state index contributed by atoms with van der Waals surface area (Å²) in [6.45, 7) is 4.19. The molecule has 3 nitrogen and oxygen atoms in total. The lowest BCUT2D eigenvalue weighted by atomic mass is 9.45. The van der Waals surface area contributed by atoms with Crippen molar-refractivity contribution in [1.82, 2.24) is 0 Å². The van der Waals surface area contributed by atoms with Crippen molar-refractivity contribution in [2.24, 2.45) is 28.6 Å². The quantitative estimate of drug-likeness (QED) is 0.590. The third kappa shape index (κ3) is 2.04. The highest BCUT2D eigenvalue weighted by Crippen LogP contribution is 2.67. The molecule has 0 saturated heterocycles. The first-order chi connectivity index (χ1) is 11.7. The van der Waals surface area contributed by atoms with Gasteiger partial charge in [0.05, 0.1) is 6.10 Å². The van der Waals surface area contributed by atoms with Crippen molar-refractivity contribution in [3.05, 3.63) is 11.4 Å². The van der Waals surface area contributed by atoms with Crippen LogP contribution in [0.4, 0.5) is 4.39 Å². The Balaban J connectivity index is 1.76. The van der Waals surface area contributed by atoms with E-state index in [4.69, 9.17) is 6.42 Å². The maximum absolute atomic E-state index is 14.7. The molecule has 25 heavy (non-hydrogen) atoms. The molecule has 0 aromatic carbocycles. The molecule has 4 aliphatic rings. The molecule has 0 unspecified atom stereocenters. The van der Waals surface area contributed by atoms with Gasteiger partial charge in [0.15, 0.2) is 0 Å². The molecule has 0 aromatic rings. The summed E-state index contributed by atoms with van der Waals surface area (Å²) >= 11 is 0. The minimum Gasteiger partial charge on any atom is -0.392 e. The Labute approximate surface area is 149 Å². The molecule has 0 radical (unpaired) electrons. The summed E-state index contributed by atoms with van der Waals surface area (Å²) in [7, 11) is 0. The molecule has 0 aliphatic heterocycles. The Bertz CT molecular complexity index is 667. The Morgan fingerprint density at radius 3 is 2.44 bits per heavy atom. The van der Waals surface area contributed by atoms with Gasteiger partial charge in [-0.15, -0.1) is 6.42 Å². The van der Waals surface area contributed by atoms with Gasteiger partial charge >= 0.3 is 0 Å². The fourth-order valence-electron chi connectivity index (χ4n) is 7.00. The standard InChI is InChI=1S/C21H29FO3/c1-4-21(25)10-6-13-17-12(5-9-20(13,21)3)19(2)8-7-15(23)18(22)14(19)11-16(17)24/h1,12-13,15-17,23-25H,5-11H2,2-3H3/t12-,13-,15-,16+,17+,19+,20-,21-/m0/s1. The molecule has 4 aliphatic carbocycles. The average molecular weight is 348 g/mol. The number of halogens is 1. The van der Waals surface area contributed by atoms with E-state index in [1.807, 2.05) is 0 Å². The monoisotopic (exact) mass is 348 g/mol. The first-order valence-electron chi connectivity index (χ1n) is 9.63. The minimum atomic E-state index is -1.10. The van der Waals surface area contributed by atoms with Crippen molar-refractivity contribution in [2.45, 2.75) is 76.6 Å². The van der Waals surface area contributed by atoms with Crippen LogP contribution in [-0.2, 0) is 0 Å². The van der Waals surface area contributed by atoms with E-state index in [2.05, 4.69) is 19.8 Å². The number of hydrogen-bond donors (Lipinski definition) is 3. The zero-order chi connectivity index (χ0) is 18.2. The van der Waals surface area contributed by atoms with Crippen molar-refractivity contribution in [2.75, 3.05) is 0 Å². The second-order valence-electron chi connectivity index (χ2n) is 9.36. The minimum absolute atomic E-state index is 0.0397. The van der Waals surface area contributed by atoms with E-state index in [1.54, 1.807) is 0 Å². The van der Waals surface area contributed by atoms with Crippen molar-refractivity contribution in [3.63, 3.8) is 0 Å². The lowest BCUT2D eigenvalue weighted by Crippen LogP contribution is -2.58. The van der Waals surface area contributed by atoms with Gasteiger partial charge in [-0.25, -0.2) is 4.39 Å². The van der Waals surface area contributed by atoms with Gasteiger partial charge in [-0.2, -0.15) is 0 Å². The zero-order valence-electron chi connectivity index (χ0n) is 15.1.